The van der Waals surface area contributed by atoms with Gasteiger partial charge in [-0.05, 0) is 18.2 Å². The second kappa shape index (κ2) is 4.63. The molecule has 0 aliphatic carbocycles. The summed E-state index contributed by atoms with van der Waals surface area (Å²) in [5.74, 6) is -0.00156. The van der Waals surface area contributed by atoms with E-state index in [1.54, 1.807) is 24.4 Å². The molecule has 0 aliphatic heterocycles. The summed E-state index contributed by atoms with van der Waals surface area (Å²) in [7, 11) is 0. The lowest BCUT2D eigenvalue weighted by Crippen LogP contribution is -2.04. The fourth-order valence-corrected chi connectivity index (χ4v) is 2.03. The zero-order chi connectivity index (χ0) is 11.5. The third kappa shape index (κ3) is 2.40. The largest absolute Gasteiger partial charge is 0.398 e. The van der Waals surface area contributed by atoms with Crippen LogP contribution in [-0.4, -0.2) is 10.8 Å². The molecule has 0 amide bonds. The van der Waals surface area contributed by atoms with Crippen LogP contribution in [0.1, 0.15) is 15.4 Å². The minimum atomic E-state index is -0.00156. The number of halogens is 1. The first kappa shape index (κ1) is 11.1. The normalized spacial score (nSPS) is 10.3. The van der Waals surface area contributed by atoms with Crippen LogP contribution in [-0.2, 0) is 6.42 Å². The molecule has 0 spiro atoms. The van der Waals surface area contributed by atoms with E-state index in [4.69, 9.17) is 17.3 Å². The summed E-state index contributed by atoms with van der Waals surface area (Å²) >= 11 is 7.25. The zero-order valence-electron chi connectivity index (χ0n) is 8.31. The fourth-order valence-electron chi connectivity index (χ4n) is 1.30. The molecular weight excluding hydrogens is 244 g/mol. The topological polar surface area (TPSA) is 56.0 Å². The Hall–Kier alpha value is -1.39. The lowest BCUT2D eigenvalue weighted by Gasteiger charge is -2.02. The first-order valence-corrected chi connectivity index (χ1v) is 5.89. The lowest BCUT2D eigenvalue weighted by molar-refractivity contribution is 0.0993. The van der Waals surface area contributed by atoms with Crippen LogP contribution in [0.2, 0.25) is 5.02 Å². The monoisotopic (exact) mass is 252 g/mol. The van der Waals surface area contributed by atoms with Gasteiger partial charge in [0.05, 0.1) is 17.1 Å². The van der Waals surface area contributed by atoms with E-state index in [1.807, 2.05) is 5.38 Å². The summed E-state index contributed by atoms with van der Waals surface area (Å²) in [6.07, 6.45) is 1.99. The number of aromatic nitrogens is 1. The molecule has 0 saturated carbocycles. The van der Waals surface area contributed by atoms with Gasteiger partial charge in [-0.25, -0.2) is 4.98 Å². The maximum absolute atomic E-state index is 11.8. The van der Waals surface area contributed by atoms with Gasteiger partial charge in [0.25, 0.3) is 0 Å². The molecular formula is C11H9ClN2OS. The molecule has 0 saturated heterocycles. The third-order valence-corrected chi connectivity index (χ3v) is 3.24. The molecule has 0 unspecified atom stereocenters. The number of ketones is 1. The smallest absolute Gasteiger partial charge is 0.169 e. The minimum Gasteiger partial charge on any atom is -0.398 e. The minimum absolute atomic E-state index is 0.00156. The molecule has 1 heterocycles. The Labute approximate surface area is 102 Å². The van der Waals surface area contributed by atoms with Gasteiger partial charge in [0.1, 0.15) is 5.01 Å². The molecule has 16 heavy (non-hydrogen) atoms. The number of thiazole rings is 1. The van der Waals surface area contributed by atoms with Crippen LogP contribution in [0.3, 0.4) is 0 Å². The van der Waals surface area contributed by atoms with E-state index < -0.39 is 0 Å². The number of nitrogen functional groups attached to an aromatic ring is 1. The number of carbonyl (C=O) groups is 1. The number of Topliss-reactive ketones (excluding diaryl/α,β-unsaturated/α-hetero) is 1. The standard InChI is InChI=1S/C11H9ClN2OS/c12-8-2-1-7(5-9(8)13)10(15)6-11-14-3-4-16-11/h1-5H,6,13H2. The highest BCUT2D eigenvalue weighted by Gasteiger charge is 2.09. The molecule has 2 aromatic rings. The number of hydrogen-bond donors (Lipinski definition) is 1. The molecule has 0 atom stereocenters. The summed E-state index contributed by atoms with van der Waals surface area (Å²) < 4.78 is 0. The summed E-state index contributed by atoms with van der Waals surface area (Å²) in [5, 5.41) is 3.11. The second-order valence-corrected chi connectivity index (χ2v) is 4.65. The van der Waals surface area contributed by atoms with Crippen LogP contribution >= 0.6 is 22.9 Å². The third-order valence-electron chi connectivity index (χ3n) is 2.11. The van der Waals surface area contributed by atoms with Crippen LogP contribution in [0.5, 0.6) is 0 Å². The number of nitrogens with zero attached hydrogens (tertiary/aromatic N) is 1. The van der Waals surface area contributed by atoms with Crippen LogP contribution in [0.15, 0.2) is 29.8 Å². The Morgan fingerprint density at radius 1 is 1.50 bits per heavy atom. The van der Waals surface area contributed by atoms with Crippen molar-refractivity contribution in [1.82, 2.24) is 4.98 Å². The van der Waals surface area contributed by atoms with E-state index in [0.717, 1.165) is 5.01 Å². The van der Waals surface area contributed by atoms with Crippen LogP contribution in [0.4, 0.5) is 5.69 Å². The Morgan fingerprint density at radius 2 is 2.31 bits per heavy atom. The molecule has 2 rings (SSSR count). The molecule has 0 bridgehead atoms. The predicted octanol–water partition coefficient (Wildman–Crippen LogP) is 2.80. The molecule has 82 valence electrons. The van der Waals surface area contributed by atoms with Gasteiger partial charge in [0, 0.05) is 17.1 Å². The van der Waals surface area contributed by atoms with Gasteiger partial charge in [-0.15, -0.1) is 11.3 Å². The van der Waals surface area contributed by atoms with Crippen molar-refractivity contribution < 1.29 is 4.79 Å². The lowest BCUT2D eigenvalue weighted by atomic mass is 10.1. The van der Waals surface area contributed by atoms with Crippen molar-refractivity contribution >= 4 is 34.4 Å². The van der Waals surface area contributed by atoms with Gasteiger partial charge in [-0.1, -0.05) is 11.6 Å². The first-order valence-electron chi connectivity index (χ1n) is 4.63. The zero-order valence-corrected chi connectivity index (χ0v) is 9.89. The highest BCUT2D eigenvalue weighted by atomic mass is 35.5. The van der Waals surface area contributed by atoms with E-state index >= 15 is 0 Å². The van der Waals surface area contributed by atoms with Crippen molar-refractivity contribution in [3.8, 4) is 0 Å². The molecule has 3 nitrogen and oxygen atoms in total. The maximum atomic E-state index is 11.8. The Balaban J connectivity index is 2.18. The predicted molar refractivity (Wildman–Crippen MR) is 66.0 cm³/mol. The van der Waals surface area contributed by atoms with Crippen molar-refractivity contribution in [2.24, 2.45) is 0 Å². The summed E-state index contributed by atoms with van der Waals surface area (Å²) in [6, 6.07) is 4.90. The van der Waals surface area contributed by atoms with Crippen LogP contribution < -0.4 is 5.73 Å². The van der Waals surface area contributed by atoms with E-state index in [9.17, 15) is 4.79 Å². The van der Waals surface area contributed by atoms with Gasteiger partial charge in [0.2, 0.25) is 0 Å². The molecule has 0 radical (unpaired) electrons. The van der Waals surface area contributed by atoms with Crippen LogP contribution in [0.25, 0.3) is 0 Å². The van der Waals surface area contributed by atoms with Crippen molar-refractivity contribution in [2.75, 3.05) is 5.73 Å². The van der Waals surface area contributed by atoms with Crippen molar-refractivity contribution in [2.45, 2.75) is 6.42 Å². The van der Waals surface area contributed by atoms with Crippen LogP contribution in [0, 0.1) is 0 Å². The molecule has 1 aromatic heterocycles. The van der Waals surface area contributed by atoms with Gasteiger partial charge in [-0.3, -0.25) is 4.79 Å². The van der Waals surface area contributed by atoms with Gasteiger partial charge >= 0.3 is 0 Å². The Bertz CT molecular complexity index is 511. The molecule has 0 fully saturated rings. The van der Waals surface area contributed by atoms with Crippen molar-refractivity contribution in [1.29, 1.82) is 0 Å². The van der Waals surface area contributed by atoms with Gasteiger partial charge < -0.3 is 5.73 Å². The number of hydrogen-bond acceptors (Lipinski definition) is 4. The van der Waals surface area contributed by atoms with E-state index in [1.165, 1.54) is 11.3 Å². The van der Waals surface area contributed by atoms with Crippen molar-refractivity contribution in [3.05, 3.63) is 45.4 Å². The average Bonchev–Trinajstić information content (AvgIpc) is 2.74. The van der Waals surface area contributed by atoms with E-state index in [0.29, 0.717) is 22.7 Å². The summed E-state index contributed by atoms with van der Waals surface area (Å²) in [6.45, 7) is 0. The number of rotatable bonds is 3. The fraction of sp³-hybridized carbons (Fsp3) is 0.0909. The van der Waals surface area contributed by atoms with Crippen molar-refractivity contribution in [3.63, 3.8) is 0 Å². The quantitative estimate of drug-likeness (QED) is 0.675. The highest BCUT2D eigenvalue weighted by molar-refractivity contribution is 7.09. The number of anilines is 1. The Kier molecular flexibility index (Phi) is 3.22. The Morgan fingerprint density at radius 3 is 2.94 bits per heavy atom. The van der Waals surface area contributed by atoms with Gasteiger partial charge in [0.15, 0.2) is 5.78 Å². The molecule has 0 aliphatic rings. The molecule has 1 aromatic carbocycles. The summed E-state index contributed by atoms with van der Waals surface area (Å²) in [4.78, 5) is 15.9. The summed E-state index contributed by atoms with van der Waals surface area (Å²) in [5.41, 5.74) is 6.62. The van der Waals surface area contributed by atoms with E-state index in [-0.39, 0.29) is 5.78 Å². The molecule has 5 heteroatoms. The first-order chi connectivity index (χ1) is 7.66. The highest BCUT2D eigenvalue weighted by Crippen LogP contribution is 2.20. The average molecular weight is 253 g/mol. The van der Waals surface area contributed by atoms with E-state index in [2.05, 4.69) is 4.98 Å². The number of benzene rings is 1. The number of carbonyl (C=O) groups excluding carboxylic acids is 1. The maximum Gasteiger partial charge on any atom is 0.169 e. The molecule has 2 N–H and O–H groups in total. The van der Waals surface area contributed by atoms with Gasteiger partial charge in [-0.2, -0.15) is 0 Å². The second-order valence-electron chi connectivity index (χ2n) is 3.26. The number of nitrogens with two attached hydrogens (primary N) is 1. The SMILES string of the molecule is Nc1cc(C(=O)Cc2nccs2)ccc1Cl.